The van der Waals surface area contributed by atoms with Gasteiger partial charge in [0.25, 0.3) is 10.0 Å². The third-order valence-corrected chi connectivity index (χ3v) is 9.20. The van der Waals surface area contributed by atoms with E-state index in [9.17, 15) is 18.0 Å². The third kappa shape index (κ3) is 8.95. The lowest BCUT2D eigenvalue weighted by Gasteiger charge is -2.33. The molecule has 0 aliphatic heterocycles. The number of para-hydroxylation sites is 1. The molecule has 0 aromatic heterocycles. The summed E-state index contributed by atoms with van der Waals surface area (Å²) in [6.07, 6.45) is 1.65. The van der Waals surface area contributed by atoms with Gasteiger partial charge in [-0.3, -0.25) is 13.9 Å². The Kier molecular flexibility index (Phi) is 11.8. The maximum atomic E-state index is 14.2. The van der Waals surface area contributed by atoms with E-state index in [1.54, 1.807) is 36.4 Å². The average Bonchev–Trinajstić information content (AvgIpc) is 3.06. The summed E-state index contributed by atoms with van der Waals surface area (Å²) in [5.41, 5.74) is 2.23. The molecule has 4 aromatic carbocycles. The smallest absolute Gasteiger partial charge is 0.264 e. The van der Waals surface area contributed by atoms with Crippen LogP contribution in [0.25, 0.3) is 0 Å². The molecule has 9 heteroatoms. The quantitative estimate of drug-likeness (QED) is 0.166. The number of nitrogens with one attached hydrogen (secondary N) is 1. The van der Waals surface area contributed by atoms with Crippen LogP contribution in [0.2, 0.25) is 0 Å². The first-order chi connectivity index (χ1) is 21.7. The SMILES string of the molecule is CCCNC(=O)C(CC)N(CCc1ccccc1)C(=O)CN(c1ccc(Oc2ccccc2)cc1)S(=O)(=O)c1ccc(C)cc1. The molecule has 4 aromatic rings. The standard InChI is InChI=1S/C36H41N3O5S/c1-4-25-37-36(41)34(5-2)38(26-24-29-12-8-6-9-13-29)35(40)27-39(45(42,43)33-22-16-28(3)17-23-33)30-18-20-32(21-19-30)44-31-14-10-7-11-15-31/h6-23,34H,4-5,24-27H2,1-3H3,(H,37,41). The molecule has 236 valence electrons. The minimum Gasteiger partial charge on any atom is -0.457 e. The Labute approximate surface area is 266 Å². The summed E-state index contributed by atoms with van der Waals surface area (Å²) in [6.45, 7) is 5.95. The molecule has 45 heavy (non-hydrogen) atoms. The molecule has 2 amide bonds. The van der Waals surface area contributed by atoms with Gasteiger partial charge in [0.15, 0.2) is 0 Å². The Morgan fingerprint density at radius 1 is 0.800 bits per heavy atom. The van der Waals surface area contributed by atoms with E-state index in [2.05, 4.69) is 5.32 Å². The van der Waals surface area contributed by atoms with Crippen molar-refractivity contribution in [2.24, 2.45) is 0 Å². The first-order valence-corrected chi connectivity index (χ1v) is 16.7. The minimum absolute atomic E-state index is 0.0640. The van der Waals surface area contributed by atoms with E-state index < -0.39 is 28.5 Å². The number of sulfonamides is 1. The van der Waals surface area contributed by atoms with E-state index in [4.69, 9.17) is 4.74 Å². The fraction of sp³-hybridized carbons (Fsp3) is 0.278. The van der Waals surface area contributed by atoms with Crippen LogP contribution in [0.15, 0.2) is 114 Å². The lowest BCUT2D eigenvalue weighted by atomic mass is 10.1. The van der Waals surface area contributed by atoms with Crippen LogP contribution in [0.3, 0.4) is 0 Å². The lowest BCUT2D eigenvalue weighted by Crippen LogP contribution is -2.53. The predicted molar refractivity (Wildman–Crippen MR) is 178 cm³/mol. The van der Waals surface area contributed by atoms with Crippen LogP contribution in [0, 0.1) is 6.92 Å². The van der Waals surface area contributed by atoms with Gasteiger partial charge in [-0.1, -0.05) is 80.1 Å². The Hall–Kier alpha value is -4.63. The van der Waals surface area contributed by atoms with E-state index in [0.717, 1.165) is 21.9 Å². The maximum Gasteiger partial charge on any atom is 0.264 e. The number of hydrogen-bond acceptors (Lipinski definition) is 5. The van der Waals surface area contributed by atoms with Crippen LogP contribution < -0.4 is 14.4 Å². The highest BCUT2D eigenvalue weighted by atomic mass is 32.2. The summed E-state index contributed by atoms with van der Waals surface area (Å²) in [4.78, 5) is 29.0. The van der Waals surface area contributed by atoms with Gasteiger partial charge in [-0.15, -0.1) is 0 Å². The molecule has 1 N–H and O–H groups in total. The highest BCUT2D eigenvalue weighted by molar-refractivity contribution is 7.92. The Balaban J connectivity index is 1.68. The van der Waals surface area contributed by atoms with Crippen LogP contribution in [0.5, 0.6) is 11.5 Å². The molecule has 0 radical (unpaired) electrons. The Morgan fingerprint density at radius 3 is 2.00 bits per heavy atom. The van der Waals surface area contributed by atoms with Gasteiger partial charge in [-0.25, -0.2) is 8.42 Å². The van der Waals surface area contributed by atoms with Crippen molar-refractivity contribution in [1.82, 2.24) is 10.2 Å². The molecule has 0 bridgehead atoms. The van der Waals surface area contributed by atoms with Crippen molar-refractivity contribution in [2.75, 3.05) is 23.9 Å². The molecular weight excluding hydrogens is 586 g/mol. The molecule has 0 heterocycles. The molecule has 0 aliphatic carbocycles. The Bertz CT molecular complexity index is 1630. The largest absolute Gasteiger partial charge is 0.457 e. The third-order valence-electron chi connectivity index (χ3n) is 7.41. The number of aryl methyl sites for hydroxylation is 1. The van der Waals surface area contributed by atoms with Crippen molar-refractivity contribution in [2.45, 2.75) is 51.0 Å². The Morgan fingerprint density at radius 2 is 1.40 bits per heavy atom. The first kappa shape index (κ1) is 33.3. The number of hydrogen-bond donors (Lipinski definition) is 1. The zero-order chi connectivity index (χ0) is 32.2. The number of benzene rings is 4. The van der Waals surface area contributed by atoms with Gasteiger partial charge >= 0.3 is 0 Å². The van der Waals surface area contributed by atoms with Gasteiger partial charge in [0.05, 0.1) is 10.6 Å². The van der Waals surface area contributed by atoms with Gasteiger partial charge in [0, 0.05) is 13.1 Å². The van der Waals surface area contributed by atoms with E-state index in [1.165, 1.54) is 17.0 Å². The van der Waals surface area contributed by atoms with Crippen LogP contribution in [0.4, 0.5) is 5.69 Å². The molecule has 4 rings (SSSR count). The van der Waals surface area contributed by atoms with Crippen LogP contribution in [-0.4, -0.2) is 50.8 Å². The fourth-order valence-electron chi connectivity index (χ4n) is 4.93. The number of amides is 2. The van der Waals surface area contributed by atoms with Crippen molar-refractivity contribution in [1.29, 1.82) is 0 Å². The van der Waals surface area contributed by atoms with Crippen LogP contribution >= 0.6 is 0 Å². The monoisotopic (exact) mass is 627 g/mol. The molecule has 0 fully saturated rings. The number of carbonyl (C=O) groups excluding carboxylic acids is 2. The second-order valence-corrected chi connectivity index (χ2v) is 12.6. The fourth-order valence-corrected chi connectivity index (χ4v) is 6.35. The van der Waals surface area contributed by atoms with E-state index in [0.29, 0.717) is 36.6 Å². The minimum atomic E-state index is -4.16. The molecule has 0 saturated carbocycles. The van der Waals surface area contributed by atoms with Crippen LogP contribution in [0.1, 0.15) is 37.8 Å². The normalized spacial score (nSPS) is 11.8. The number of ether oxygens (including phenoxy) is 1. The average molecular weight is 628 g/mol. The van der Waals surface area contributed by atoms with Gasteiger partial charge in [0.2, 0.25) is 11.8 Å². The second kappa shape index (κ2) is 15.9. The maximum absolute atomic E-state index is 14.2. The highest BCUT2D eigenvalue weighted by Gasteiger charge is 2.33. The van der Waals surface area contributed by atoms with E-state index in [-0.39, 0.29) is 17.3 Å². The van der Waals surface area contributed by atoms with Crippen molar-refractivity contribution in [3.05, 3.63) is 120 Å². The predicted octanol–water partition coefficient (Wildman–Crippen LogP) is 6.36. The number of carbonyl (C=O) groups is 2. The molecular formula is C36H41N3O5S. The molecule has 1 unspecified atom stereocenters. The summed E-state index contributed by atoms with van der Waals surface area (Å²) in [5, 5.41) is 2.91. The van der Waals surface area contributed by atoms with Crippen molar-refractivity contribution >= 4 is 27.5 Å². The number of anilines is 1. The molecule has 0 aliphatic rings. The zero-order valence-corrected chi connectivity index (χ0v) is 26.9. The van der Waals surface area contributed by atoms with Gasteiger partial charge in [0.1, 0.15) is 24.1 Å². The van der Waals surface area contributed by atoms with E-state index >= 15 is 0 Å². The molecule has 8 nitrogen and oxygen atoms in total. The van der Waals surface area contributed by atoms with Gasteiger partial charge in [-0.05, 0) is 80.3 Å². The first-order valence-electron chi connectivity index (χ1n) is 15.3. The summed E-state index contributed by atoms with van der Waals surface area (Å²) in [6, 6.07) is 31.3. The summed E-state index contributed by atoms with van der Waals surface area (Å²) < 4.78 is 35.2. The lowest BCUT2D eigenvalue weighted by molar-refractivity contribution is -0.139. The molecule has 0 spiro atoms. The number of rotatable bonds is 15. The topological polar surface area (TPSA) is 96.0 Å². The summed E-state index contributed by atoms with van der Waals surface area (Å²) >= 11 is 0. The molecule has 1 atom stereocenters. The highest BCUT2D eigenvalue weighted by Crippen LogP contribution is 2.28. The van der Waals surface area contributed by atoms with Gasteiger partial charge < -0.3 is 15.0 Å². The van der Waals surface area contributed by atoms with Gasteiger partial charge in [-0.2, -0.15) is 0 Å². The van der Waals surface area contributed by atoms with Crippen molar-refractivity contribution in [3.8, 4) is 11.5 Å². The summed E-state index contributed by atoms with van der Waals surface area (Å²) in [7, 11) is -4.16. The molecule has 0 saturated heterocycles. The van der Waals surface area contributed by atoms with Crippen molar-refractivity contribution in [3.63, 3.8) is 0 Å². The van der Waals surface area contributed by atoms with Crippen molar-refractivity contribution < 1.29 is 22.7 Å². The number of nitrogens with zero attached hydrogens (tertiary/aromatic N) is 2. The van der Waals surface area contributed by atoms with Crippen LogP contribution in [-0.2, 0) is 26.0 Å². The summed E-state index contributed by atoms with van der Waals surface area (Å²) in [5.74, 6) is 0.443. The second-order valence-electron chi connectivity index (χ2n) is 10.8. The zero-order valence-electron chi connectivity index (χ0n) is 26.1. The van der Waals surface area contributed by atoms with E-state index in [1.807, 2.05) is 81.4 Å².